The monoisotopic (exact) mass is 376 g/mol. The van der Waals surface area contributed by atoms with Crippen molar-refractivity contribution in [3.8, 4) is 11.1 Å². The van der Waals surface area contributed by atoms with Crippen LogP contribution in [0.2, 0.25) is 19.1 Å². The van der Waals surface area contributed by atoms with E-state index in [0.717, 1.165) is 32.0 Å². The maximum atomic E-state index is 10.9. The Bertz CT molecular complexity index is 688. The SMILES string of the molecule is CCC[n+]1ccc(-c2cc[n+](CCC[Si](C)(C)O[Si](=O)O)cc2)cc1. The summed E-state index contributed by atoms with van der Waals surface area (Å²) in [6, 6.07) is 9.43. The zero-order valence-electron chi connectivity index (χ0n) is 15.3. The summed E-state index contributed by atoms with van der Waals surface area (Å²) in [5, 5.41) is 0. The van der Waals surface area contributed by atoms with Crippen LogP contribution in [0.25, 0.3) is 11.1 Å². The van der Waals surface area contributed by atoms with Crippen molar-refractivity contribution in [1.29, 1.82) is 0 Å². The molecule has 0 aliphatic carbocycles. The van der Waals surface area contributed by atoms with Gasteiger partial charge >= 0.3 is 9.17 Å². The molecule has 0 saturated carbocycles. The van der Waals surface area contributed by atoms with Crippen molar-refractivity contribution in [3.05, 3.63) is 49.1 Å². The topological polar surface area (TPSA) is 54.3 Å². The Balaban J connectivity index is 1.90. The molecule has 0 unspecified atom stereocenters. The lowest BCUT2D eigenvalue weighted by Crippen LogP contribution is -2.37. The van der Waals surface area contributed by atoms with E-state index in [1.807, 2.05) is 13.1 Å². The molecule has 2 aromatic heterocycles. The summed E-state index contributed by atoms with van der Waals surface area (Å²) in [5.41, 5.74) is 2.42. The van der Waals surface area contributed by atoms with Gasteiger partial charge in [0.2, 0.25) is 8.32 Å². The Morgan fingerprint density at radius 2 is 1.48 bits per heavy atom. The van der Waals surface area contributed by atoms with E-state index in [1.165, 1.54) is 11.1 Å². The third kappa shape index (κ3) is 6.51. The second-order valence-electron chi connectivity index (χ2n) is 6.88. The fourth-order valence-corrected chi connectivity index (χ4v) is 6.14. The van der Waals surface area contributed by atoms with Crippen LogP contribution in [0.4, 0.5) is 0 Å². The largest absolute Gasteiger partial charge is 0.749 e. The summed E-state index contributed by atoms with van der Waals surface area (Å²) in [6.07, 6.45) is 10.5. The van der Waals surface area contributed by atoms with E-state index in [0.29, 0.717) is 0 Å². The average molecular weight is 377 g/mol. The second kappa shape index (κ2) is 9.00. The molecule has 134 valence electrons. The van der Waals surface area contributed by atoms with E-state index in [1.54, 1.807) is 0 Å². The molecule has 0 amide bonds. The van der Waals surface area contributed by atoms with Crippen molar-refractivity contribution in [2.45, 2.75) is 52.0 Å². The summed E-state index contributed by atoms with van der Waals surface area (Å²) in [6.45, 7) is 8.08. The minimum Gasteiger partial charge on any atom is -0.551 e. The molecule has 0 aromatic carbocycles. The van der Waals surface area contributed by atoms with Gasteiger partial charge in [-0.15, -0.1) is 0 Å². The van der Waals surface area contributed by atoms with Crippen LogP contribution in [0.1, 0.15) is 19.8 Å². The second-order valence-corrected chi connectivity index (χ2v) is 12.2. The number of nitrogens with zero attached hydrogens (tertiary/aromatic N) is 2. The molecule has 0 aliphatic heterocycles. The maximum absolute atomic E-state index is 10.9. The van der Waals surface area contributed by atoms with Crippen molar-refractivity contribution >= 4 is 17.5 Å². The molecule has 0 spiro atoms. The number of hydrogen-bond donors (Lipinski definition) is 1. The maximum Gasteiger partial charge on any atom is 0.749 e. The van der Waals surface area contributed by atoms with Crippen LogP contribution < -0.4 is 9.13 Å². The first-order valence-electron chi connectivity index (χ1n) is 8.80. The molecule has 7 heteroatoms. The molecular weight excluding hydrogens is 348 g/mol. The first-order chi connectivity index (χ1) is 11.9. The van der Waals surface area contributed by atoms with E-state index in [9.17, 15) is 4.46 Å². The van der Waals surface area contributed by atoms with Crippen LogP contribution in [-0.4, -0.2) is 22.3 Å². The molecule has 0 radical (unpaired) electrons. The Labute approximate surface area is 152 Å². The third-order valence-electron chi connectivity index (χ3n) is 4.16. The van der Waals surface area contributed by atoms with Gasteiger partial charge in [0.1, 0.15) is 13.1 Å². The van der Waals surface area contributed by atoms with Crippen LogP contribution >= 0.6 is 0 Å². The number of rotatable bonds is 9. The highest BCUT2D eigenvalue weighted by molar-refractivity contribution is 6.75. The van der Waals surface area contributed by atoms with Gasteiger partial charge in [0.15, 0.2) is 24.8 Å². The molecule has 2 rings (SSSR count). The Hall–Kier alpha value is -1.87. The van der Waals surface area contributed by atoms with Gasteiger partial charge < -0.3 is 8.91 Å². The zero-order valence-corrected chi connectivity index (χ0v) is 17.3. The van der Waals surface area contributed by atoms with Gasteiger partial charge in [-0.05, 0) is 30.3 Å². The molecule has 2 aromatic rings. The summed E-state index contributed by atoms with van der Waals surface area (Å²) in [7, 11) is -4.85. The highest BCUT2D eigenvalue weighted by Gasteiger charge is 2.27. The first kappa shape index (κ1) is 19.5. The van der Waals surface area contributed by atoms with Crippen LogP contribution in [0, 0.1) is 0 Å². The molecule has 0 aliphatic rings. The van der Waals surface area contributed by atoms with Crippen LogP contribution in [0.5, 0.6) is 0 Å². The van der Waals surface area contributed by atoms with E-state index >= 15 is 0 Å². The van der Waals surface area contributed by atoms with Crippen molar-refractivity contribution in [2.75, 3.05) is 0 Å². The highest BCUT2D eigenvalue weighted by Crippen LogP contribution is 2.16. The van der Waals surface area contributed by atoms with E-state index in [4.69, 9.17) is 8.91 Å². The van der Waals surface area contributed by atoms with E-state index in [2.05, 4.69) is 65.1 Å². The molecule has 0 atom stereocenters. The lowest BCUT2D eigenvalue weighted by molar-refractivity contribution is -0.697. The molecule has 2 heterocycles. The Morgan fingerprint density at radius 3 is 1.92 bits per heavy atom. The van der Waals surface area contributed by atoms with E-state index in [-0.39, 0.29) is 0 Å². The minimum atomic E-state index is -2.83. The predicted octanol–water partition coefficient (Wildman–Crippen LogP) is 2.36. The zero-order chi connectivity index (χ0) is 18.3. The third-order valence-corrected chi connectivity index (χ3v) is 8.62. The molecule has 0 bridgehead atoms. The van der Waals surface area contributed by atoms with Gasteiger partial charge in [0.25, 0.3) is 0 Å². The van der Waals surface area contributed by atoms with Crippen LogP contribution in [-0.2, 0) is 21.7 Å². The lowest BCUT2D eigenvalue weighted by Gasteiger charge is -2.20. The average Bonchev–Trinajstić information content (AvgIpc) is 2.55. The quantitative estimate of drug-likeness (QED) is 0.540. The normalized spacial score (nSPS) is 11.3. The molecular formula is C18H28N2O3Si2+2. The molecule has 5 nitrogen and oxygen atoms in total. The Morgan fingerprint density at radius 1 is 1.00 bits per heavy atom. The van der Waals surface area contributed by atoms with E-state index < -0.39 is 17.5 Å². The highest BCUT2D eigenvalue weighted by atomic mass is 28.4. The summed E-state index contributed by atoms with van der Waals surface area (Å²) in [4.78, 5) is 8.94. The molecule has 0 fully saturated rings. The Kier molecular flexibility index (Phi) is 7.01. The van der Waals surface area contributed by atoms with Gasteiger partial charge in [-0.25, -0.2) is 9.13 Å². The fraction of sp³-hybridized carbons (Fsp3) is 0.444. The summed E-state index contributed by atoms with van der Waals surface area (Å²) >= 11 is 0. The number of aryl methyl sites for hydroxylation is 2. The standard InChI is InChI=1S/C18H28N2O3Si2/c1-4-10-19-12-6-17(7-13-19)18-8-14-20(15-9-18)11-5-16-25(2,3)23-24(21)22/h6-9,12-15,21H,4-5,10-11,16H2,1-3H3/q+2. The van der Waals surface area contributed by atoms with Gasteiger partial charge in [-0.2, -0.15) is 0 Å². The first-order valence-corrected chi connectivity index (χ1v) is 13.2. The molecule has 25 heavy (non-hydrogen) atoms. The summed E-state index contributed by atoms with van der Waals surface area (Å²) < 4.78 is 20.4. The summed E-state index contributed by atoms with van der Waals surface area (Å²) in [5.74, 6) is 0. The van der Waals surface area contributed by atoms with Crippen molar-refractivity contribution in [1.82, 2.24) is 0 Å². The van der Waals surface area contributed by atoms with Crippen LogP contribution in [0.15, 0.2) is 49.1 Å². The molecule has 0 saturated heterocycles. The van der Waals surface area contributed by atoms with Crippen LogP contribution in [0.3, 0.4) is 0 Å². The number of aromatic nitrogens is 2. The lowest BCUT2D eigenvalue weighted by atomic mass is 10.1. The smallest absolute Gasteiger partial charge is 0.551 e. The fourth-order valence-electron chi connectivity index (χ4n) is 2.83. The van der Waals surface area contributed by atoms with Crippen molar-refractivity contribution in [2.24, 2.45) is 0 Å². The predicted molar refractivity (Wildman–Crippen MR) is 99.2 cm³/mol. The number of pyridine rings is 2. The van der Waals surface area contributed by atoms with Crippen molar-refractivity contribution in [3.63, 3.8) is 0 Å². The van der Waals surface area contributed by atoms with Gasteiger partial charge in [-0.1, -0.05) is 6.92 Å². The van der Waals surface area contributed by atoms with Crippen molar-refractivity contribution < 1.29 is 22.5 Å². The van der Waals surface area contributed by atoms with Gasteiger partial charge in [-0.3, -0.25) is 4.46 Å². The van der Waals surface area contributed by atoms with Gasteiger partial charge in [0.05, 0.1) is 0 Å². The molecule has 1 N–H and O–H groups in total. The minimum absolute atomic E-state index is 0.870. The number of hydrogen-bond acceptors (Lipinski definition) is 2. The van der Waals surface area contributed by atoms with Gasteiger partial charge in [0, 0.05) is 37.1 Å².